The van der Waals surface area contributed by atoms with Crippen molar-refractivity contribution in [2.24, 2.45) is 11.1 Å². The van der Waals surface area contributed by atoms with Crippen LogP contribution < -0.4 is 16.0 Å². The van der Waals surface area contributed by atoms with Gasteiger partial charge < -0.3 is 20.7 Å². The number of nitrogens with two attached hydrogens (primary N) is 1. The van der Waals surface area contributed by atoms with Gasteiger partial charge in [0.2, 0.25) is 0 Å². The Labute approximate surface area is 203 Å². The lowest BCUT2D eigenvalue weighted by Crippen LogP contribution is -2.50. The number of halogens is 1. The molecule has 5 rings (SSSR count). The average molecular weight is 483 g/mol. The lowest BCUT2D eigenvalue weighted by molar-refractivity contribution is 0.0974. The van der Waals surface area contributed by atoms with Crippen LogP contribution in [0.1, 0.15) is 19.8 Å². The van der Waals surface area contributed by atoms with Gasteiger partial charge in [-0.2, -0.15) is 0 Å². The second kappa shape index (κ2) is 9.46. The van der Waals surface area contributed by atoms with Gasteiger partial charge in [0, 0.05) is 35.6 Å². The van der Waals surface area contributed by atoms with Crippen LogP contribution in [0.3, 0.4) is 0 Å². The number of rotatable bonds is 5. The zero-order chi connectivity index (χ0) is 22.8. The van der Waals surface area contributed by atoms with Crippen LogP contribution in [-0.4, -0.2) is 46.8 Å². The fourth-order valence-corrected chi connectivity index (χ4v) is 5.63. The van der Waals surface area contributed by atoms with Crippen molar-refractivity contribution in [1.29, 1.82) is 0 Å². The number of aromatic nitrogens is 3. The number of nitrogens with one attached hydrogen (secondary N) is 1. The predicted octanol–water partition coefficient (Wildman–Crippen LogP) is 4.75. The predicted molar refractivity (Wildman–Crippen MR) is 132 cm³/mol. The Morgan fingerprint density at radius 2 is 1.94 bits per heavy atom. The SMILES string of the molecule is C[C@@H]1OCC2(CCN(c3cnc(Sc4cccc(Nc5cccnc5)c4Cl)nc3)CC2)[C@@H]1N. The molecule has 4 heterocycles. The number of hydrogen-bond acceptors (Lipinski definition) is 8. The van der Waals surface area contributed by atoms with E-state index in [1.54, 1.807) is 12.4 Å². The molecule has 9 heteroatoms. The Morgan fingerprint density at radius 1 is 1.15 bits per heavy atom. The fourth-order valence-electron chi connectivity index (χ4n) is 4.59. The smallest absolute Gasteiger partial charge is 0.192 e. The van der Waals surface area contributed by atoms with Crippen LogP contribution >= 0.6 is 23.4 Å². The zero-order valence-electron chi connectivity index (χ0n) is 18.4. The molecule has 2 atom stereocenters. The molecule has 2 saturated heterocycles. The summed E-state index contributed by atoms with van der Waals surface area (Å²) in [6, 6.07) is 9.81. The van der Waals surface area contributed by atoms with E-state index in [4.69, 9.17) is 22.1 Å². The molecule has 1 spiro atoms. The van der Waals surface area contributed by atoms with Crippen molar-refractivity contribution in [2.75, 3.05) is 29.9 Å². The molecule has 2 fully saturated rings. The van der Waals surface area contributed by atoms with E-state index in [-0.39, 0.29) is 17.6 Å². The second-order valence-corrected chi connectivity index (χ2v) is 10.1. The molecule has 2 aliphatic rings. The van der Waals surface area contributed by atoms with Crippen molar-refractivity contribution in [1.82, 2.24) is 15.0 Å². The average Bonchev–Trinajstić information content (AvgIpc) is 3.12. The summed E-state index contributed by atoms with van der Waals surface area (Å²) in [5.41, 5.74) is 9.28. The van der Waals surface area contributed by atoms with Gasteiger partial charge in [-0.3, -0.25) is 4.98 Å². The lowest BCUT2D eigenvalue weighted by Gasteiger charge is -2.41. The maximum Gasteiger partial charge on any atom is 0.192 e. The second-order valence-electron chi connectivity index (χ2n) is 8.70. The van der Waals surface area contributed by atoms with Crippen molar-refractivity contribution in [3.63, 3.8) is 0 Å². The normalized spacial score (nSPS) is 22.0. The summed E-state index contributed by atoms with van der Waals surface area (Å²) >= 11 is 8.10. The molecule has 0 unspecified atom stereocenters. The summed E-state index contributed by atoms with van der Waals surface area (Å²) in [7, 11) is 0. The van der Waals surface area contributed by atoms with Crippen molar-refractivity contribution >= 4 is 40.4 Å². The molecule has 7 nitrogen and oxygen atoms in total. The van der Waals surface area contributed by atoms with Crippen LogP contribution in [0, 0.1) is 5.41 Å². The summed E-state index contributed by atoms with van der Waals surface area (Å²) in [4.78, 5) is 16.5. The standard InChI is InChI=1S/C24H27ClN6OS/c1-16-22(26)24(15-32-16)7-10-31(11-8-24)18-13-28-23(29-14-18)33-20-6-2-5-19(21(20)25)30-17-4-3-9-27-12-17/h2-6,9,12-14,16,22,30H,7-8,10-11,15,26H2,1H3/t16-,22+/m0/s1. The molecule has 172 valence electrons. The van der Waals surface area contributed by atoms with Crippen LogP contribution in [0.4, 0.5) is 17.1 Å². The summed E-state index contributed by atoms with van der Waals surface area (Å²) in [5, 5.41) is 4.59. The first-order valence-electron chi connectivity index (χ1n) is 11.1. The van der Waals surface area contributed by atoms with Gasteiger partial charge in [0.25, 0.3) is 0 Å². The highest BCUT2D eigenvalue weighted by molar-refractivity contribution is 7.99. The third-order valence-electron chi connectivity index (χ3n) is 6.69. The fraction of sp³-hybridized carbons (Fsp3) is 0.375. The van der Waals surface area contributed by atoms with Gasteiger partial charge in [-0.15, -0.1) is 0 Å². The molecule has 0 amide bonds. The summed E-state index contributed by atoms with van der Waals surface area (Å²) in [5.74, 6) is 0. The lowest BCUT2D eigenvalue weighted by atomic mass is 9.73. The summed E-state index contributed by atoms with van der Waals surface area (Å²) in [6.07, 6.45) is 9.48. The number of anilines is 3. The Morgan fingerprint density at radius 3 is 2.61 bits per heavy atom. The molecular weight excluding hydrogens is 456 g/mol. The first-order chi connectivity index (χ1) is 16.0. The number of benzene rings is 1. The van der Waals surface area contributed by atoms with E-state index in [1.807, 2.05) is 42.7 Å². The third kappa shape index (κ3) is 4.66. The molecule has 3 aromatic rings. The van der Waals surface area contributed by atoms with Gasteiger partial charge >= 0.3 is 0 Å². The number of ether oxygens (including phenoxy) is 1. The van der Waals surface area contributed by atoms with E-state index >= 15 is 0 Å². The van der Waals surface area contributed by atoms with Gasteiger partial charge in [-0.25, -0.2) is 9.97 Å². The monoisotopic (exact) mass is 482 g/mol. The number of hydrogen-bond donors (Lipinski definition) is 2. The van der Waals surface area contributed by atoms with E-state index < -0.39 is 0 Å². The Hall–Kier alpha value is -2.39. The number of piperidine rings is 1. The molecular formula is C24H27ClN6OS. The van der Waals surface area contributed by atoms with Crippen LogP contribution in [0.15, 0.2) is 65.2 Å². The minimum absolute atomic E-state index is 0.109. The van der Waals surface area contributed by atoms with Crippen LogP contribution in [-0.2, 0) is 4.74 Å². The van der Waals surface area contributed by atoms with E-state index in [2.05, 4.69) is 32.1 Å². The highest BCUT2D eigenvalue weighted by Gasteiger charge is 2.47. The van der Waals surface area contributed by atoms with E-state index in [1.165, 1.54) is 11.8 Å². The van der Waals surface area contributed by atoms with Crippen molar-refractivity contribution in [3.8, 4) is 0 Å². The maximum atomic E-state index is 6.65. The molecule has 2 aliphatic heterocycles. The van der Waals surface area contributed by atoms with Crippen molar-refractivity contribution in [3.05, 3.63) is 60.1 Å². The highest BCUT2D eigenvalue weighted by atomic mass is 35.5. The molecule has 0 radical (unpaired) electrons. The Bertz CT molecular complexity index is 1090. The highest BCUT2D eigenvalue weighted by Crippen LogP contribution is 2.42. The van der Waals surface area contributed by atoms with Crippen LogP contribution in [0.5, 0.6) is 0 Å². The molecule has 0 aliphatic carbocycles. The van der Waals surface area contributed by atoms with Crippen molar-refractivity contribution in [2.45, 2.75) is 42.0 Å². The van der Waals surface area contributed by atoms with Gasteiger partial charge in [-0.05, 0) is 55.8 Å². The number of nitrogens with zero attached hydrogens (tertiary/aromatic N) is 4. The Kier molecular flexibility index (Phi) is 6.42. The third-order valence-corrected chi connectivity index (χ3v) is 8.16. The minimum Gasteiger partial charge on any atom is -0.376 e. The molecule has 2 aromatic heterocycles. The van der Waals surface area contributed by atoms with E-state index in [0.29, 0.717) is 10.2 Å². The van der Waals surface area contributed by atoms with Gasteiger partial charge in [0.15, 0.2) is 5.16 Å². The largest absolute Gasteiger partial charge is 0.376 e. The Balaban J connectivity index is 1.23. The molecule has 0 saturated carbocycles. The van der Waals surface area contributed by atoms with E-state index in [9.17, 15) is 0 Å². The molecule has 33 heavy (non-hydrogen) atoms. The molecule has 1 aromatic carbocycles. The maximum absolute atomic E-state index is 6.65. The van der Waals surface area contributed by atoms with Gasteiger partial charge in [0.05, 0.1) is 53.4 Å². The van der Waals surface area contributed by atoms with Crippen molar-refractivity contribution < 1.29 is 4.74 Å². The summed E-state index contributed by atoms with van der Waals surface area (Å²) < 4.78 is 5.83. The van der Waals surface area contributed by atoms with Crippen LogP contribution in [0.2, 0.25) is 5.02 Å². The summed E-state index contributed by atoms with van der Waals surface area (Å²) in [6.45, 7) is 4.72. The minimum atomic E-state index is 0.109. The molecule has 0 bridgehead atoms. The van der Waals surface area contributed by atoms with Crippen LogP contribution in [0.25, 0.3) is 0 Å². The number of pyridine rings is 1. The zero-order valence-corrected chi connectivity index (χ0v) is 20.0. The molecule has 3 N–H and O–H groups in total. The first kappa shape index (κ1) is 22.4. The van der Waals surface area contributed by atoms with Gasteiger partial charge in [-0.1, -0.05) is 17.7 Å². The van der Waals surface area contributed by atoms with Gasteiger partial charge in [0.1, 0.15) is 0 Å². The first-order valence-corrected chi connectivity index (χ1v) is 12.3. The topological polar surface area (TPSA) is 89.2 Å². The van der Waals surface area contributed by atoms with E-state index in [0.717, 1.165) is 54.5 Å². The quantitative estimate of drug-likeness (QED) is 0.503.